The molecule has 1 saturated heterocycles. The second-order valence-electron chi connectivity index (χ2n) is 8.04. The molecule has 2 unspecified atom stereocenters. The number of piperidine rings is 1. The van der Waals surface area contributed by atoms with Gasteiger partial charge in [-0.3, -0.25) is 4.79 Å². The van der Waals surface area contributed by atoms with Crippen molar-refractivity contribution in [3.63, 3.8) is 0 Å². The third-order valence-corrected chi connectivity index (χ3v) is 6.11. The maximum atomic E-state index is 13.5. The fourth-order valence-corrected chi connectivity index (χ4v) is 4.27. The summed E-state index contributed by atoms with van der Waals surface area (Å²) in [4.78, 5) is 19.2. The Morgan fingerprint density at radius 3 is 2.53 bits per heavy atom. The first-order chi connectivity index (χ1) is 14.6. The molecule has 0 bridgehead atoms. The number of nitrogens with zero attached hydrogens (tertiary/aromatic N) is 3. The molecule has 2 fully saturated rings. The molecule has 1 aliphatic carbocycles. The zero-order valence-corrected chi connectivity index (χ0v) is 16.3. The van der Waals surface area contributed by atoms with Crippen LogP contribution < -0.4 is 0 Å². The zero-order valence-electron chi connectivity index (χ0n) is 16.3. The summed E-state index contributed by atoms with van der Waals surface area (Å²) in [5.41, 5.74) is 1.61. The summed E-state index contributed by atoms with van der Waals surface area (Å²) >= 11 is 0. The summed E-state index contributed by atoms with van der Waals surface area (Å²) < 4.78 is 32.1. The third kappa shape index (κ3) is 3.60. The van der Waals surface area contributed by atoms with Gasteiger partial charge in [0.2, 0.25) is 17.6 Å². The van der Waals surface area contributed by atoms with Crippen molar-refractivity contribution < 1.29 is 18.1 Å². The molecule has 2 heterocycles. The minimum atomic E-state index is -0.860. The lowest BCUT2D eigenvalue weighted by Crippen LogP contribution is -2.39. The van der Waals surface area contributed by atoms with Gasteiger partial charge in [0, 0.05) is 30.5 Å². The molecule has 0 N–H and O–H groups in total. The Balaban J connectivity index is 1.18. The molecule has 0 radical (unpaired) electrons. The highest BCUT2D eigenvalue weighted by atomic mass is 19.2. The van der Waals surface area contributed by atoms with E-state index in [4.69, 9.17) is 4.52 Å². The summed E-state index contributed by atoms with van der Waals surface area (Å²) in [6.45, 7) is 1.26. The van der Waals surface area contributed by atoms with Gasteiger partial charge in [0.25, 0.3) is 0 Å². The van der Waals surface area contributed by atoms with Crippen molar-refractivity contribution in [1.82, 2.24) is 15.0 Å². The Morgan fingerprint density at radius 1 is 1.03 bits per heavy atom. The van der Waals surface area contributed by atoms with Crippen LogP contribution >= 0.6 is 0 Å². The molecule has 154 valence electrons. The summed E-state index contributed by atoms with van der Waals surface area (Å²) in [5, 5.41) is 4.09. The van der Waals surface area contributed by atoms with Crippen LogP contribution in [0, 0.1) is 17.6 Å². The Kier molecular flexibility index (Phi) is 4.81. The van der Waals surface area contributed by atoms with E-state index in [1.54, 1.807) is 6.07 Å². The van der Waals surface area contributed by atoms with Crippen molar-refractivity contribution in [2.75, 3.05) is 13.1 Å². The first-order valence-corrected chi connectivity index (χ1v) is 10.2. The fraction of sp³-hybridized carbons (Fsp3) is 0.348. The first kappa shape index (κ1) is 18.9. The molecule has 1 aromatic heterocycles. The van der Waals surface area contributed by atoms with Gasteiger partial charge in [-0.15, -0.1) is 0 Å². The van der Waals surface area contributed by atoms with E-state index in [0.29, 0.717) is 36.8 Å². The van der Waals surface area contributed by atoms with Gasteiger partial charge in [-0.25, -0.2) is 8.78 Å². The Morgan fingerprint density at radius 2 is 1.80 bits per heavy atom. The average Bonchev–Trinajstić information content (AvgIpc) is 3.43. The molecule has 3 aromatic rings. The molecule has 1 amide bonds. The van der Waals surface area contributed by atoms with Crippen molar-refractivity contribution in [3.8, 4) is 11.4 Å². The lowest BCUT2D eigenvalue weighted by Gasteiger charge is -2.30. The maximum Gasteiger partial charge on any atom is 0.230 e. The number of carbonyl (C=O) groups excluding carboxylic acids is 1. The molecule has 0 spiro atoms. The average molecular weight is 409 g/mol. The van der Waals surface area contributed by atoms with Gasteiger partial charge in [0.15, 0.2) is 11.6 Å². The molecular weight excluding hydrogens is 388 g/mol. The SMILES string of the molecule is O=C(C1CC1c1ccc(F)c(F)c1)N1CCC(c2nc(-c3ccccc3)no2)CC1. The molecule has 1 saturated carbocycles. The number of amides is 1. The predicted octanol–water partition coefficient (Wildman–Crippen LogP) is 4.52. The van der Waals surface area contributed by atoms with Gasteiger partial charge < -0.3 is 9.42 Å². The van der Waals surface area contributed by atoms with E-state index in [9.17, 15) is 13.6 Å². The monoisotopic (exact) mass is 409 g/mol. The topological polar surface area (TPSA) is 59.2 Å². The highest BCUT2D eigenvalue weighted by molar-refractivity contribution is 5.83. The van der Waals surface area contributed by atoms with E-state index in [0.717, 1.165) is 24.5 Å². The Hall–Kier alpha value is -3.09. The second kappa shape index (κ2) is 7.63. The van der Waals surface area contributed by atoms with Gasteiger partial charge >= 0.3 is 0 Å². The molecule has 2 aliphatic rings. The second-order valence-corrected chi connectivity index (χ2v) is 8.04. The first-order valence-electron chi connectivity index (χ1n) is 10.2. The standard InChI is InChI=1S/C23H21F2N3O2/c24-19-7-6-16(12-20(19)25)17-13-18(17)23(29)28-10-8-15(9-11-28)22-26-21(27-30-22)14-4-2-1-3-5-14/h1-7,12,15,17-18H,8-11,13H2. The van der Waals surface area contributed by atoms with Crippen LogP contribution in [0.3, 0.4) is 0 Å². The van der Waals surface area contributed by atoms with E-state index < -0.39 is 11.6 Å². The van der Waals surface area contributed by atoms with Crippen LogP contribution in [0.15, 0.2) is 53.1 Å². The molecule has 1 aliphatic heterocycles. The molecule has 2 aromatic carbocycles. The molecule has 30 heavy (non-hydrogen) atoms. The van der Waals surface area contributed by atoms with Crippen molar-refractivity contribution >= 4 is 5.91 Å². The molecular formula is C23H21F2N3O2. The predicted molar refractivity (Wildman–Crippen MR) is 105 cm³/mol. The number of rotatable bonds is 4. The Bertz CT molecular complexity index is 1060. The van der Waals surface area contributed by atoms with Crippen LogP contribution in [0.1, 0.15) is 42.6 Å². The number of hydrogen-bond donors (Lipinski definition) is 0. The van der Waals surface area contributed by atoms with Crippen LogP contribution in [0.4, 0.5) is 8.78 Å². The van der Waals surface area contributed by atoms with Gasteiger partial charge in [-0.1, -0.05) is 41.6 Å². The zero-order chi connectivity index (χ0) is 20.7. The molecule has 7 heteroatoms. The van der Waals surface area contributed by atoms with Crippen molar-refractivity contribution in [2.45, 2.75) is 31.1 Å². The lowest BCUT2D eigenvalue weighted by atomic mass is 9.96. The van der Waals surface area contributed by atoms with E-state index in [1.165, 1.54) is 6.07 Å². The lowest BCUT2D eigenvalue weighted by molar-refractivity contribution is -0.133. The van der Waals surface area contributed by atoms with Crippen molar-refractivity contribution in [3.05, 3.63) is 71.6 Å². The number of likely N-dealkylation sites (tertiary alicyclic amines) is 1. The minimum Gasteiger partial charge on any atom is -0.342 e. The van der Waals surface area contributed by atoms with Crippen LogP contribution in [-0.4, -0.2) is 34.0 Å². The van der Waals surface area contributed by atoms with Crippen LogP contribution in [0.2, 0.25) is 0 Å². The molecule has 5 nitrogen and oxygen atoms in total. The van der Waals surface area contributed by atoms with Crippen LogP contribution in [-0.2, 0) is 4.79 Å². The summed E-state index contributed by atoms with van der Waals surface area (Å²) in [6, 6.07) is 13.6. The van der Waals surface area contributed by atoms with E-state index in [1.807, 2.05) is 35.2 Å². The number of benzene rings is 2. The van der Waals surface area contributed by atoms with E-state index in [2.05, 4.69) is 10.1 Å². The summed E-state index contributed by atoms with van der Waals surface area (Å²) in [6.07, 6.45) is 2.23. The van der Waals surface area contributed by atoms with Crippen LogP contribution in [0.5, 0.6) is 0 Å². The van der Waals surface area contributed by atoms with Crippen molar-refractivity contribution in [1.29, 1.82) is 0 Å². The number of hydrogen-bond acceptors (Lipinski definition) is 4. The molecule has 2 atom stereocenters. The third-order valence-electron chi connectivity index (χ3n) is 6.11. The quantitative estimate of drug-likeness (QED) is 0.636. The van der Waals surface area contributed by atoms with E-state index in [-0.39, 0.29) is 23.7 Å². The summed E-state index contributed by atoms with van der Waals surface area (Å²) in [5.74, 6) is -0.446. The van der Waals surface area contributed by atoms with Crippen molar-refractivity contribution in [2.24, 2.45) is 5.92 Å². The number of halogens is 2. The van der Waals surface area contributed by atoms with Gasteiger partial charge in [0.1, 0.15) is 0 Å². The number of aromatic nitrogens is 2. The fourth-order valence-electron chi connectivity index (χ4n) is 4.27. The summed E-state index contributed by atoms with van der Waals surface area (Å²) in [7, 11) is 0. The van der Waals surface area contributed by atoms with Gasteiger partial charge in [-0.2, -0.15) is 4.98 Å². The largest absolute Gasteiger partial charge is 0.342 e. The minimum absolute atomic E-state index is 0.0188. The van der Waals surface area contributed by atoms with E-state index >= 15 is 0 Å². The van der Waals surface area contributed by atoms with Gasteiger partial charge in [0.05, 0.1) is 0 Å². The van der Waals surface area contributed by atoms with Gasteiger partial charge in [-0.05, 0) is 42.9 Å². The highest BCUT2D eigenvalue weighted by Gasteiger charge is 2.46. The number of carbonyl (C=O) groups is 1. The smallest absolute Gasteiger partial charge is 0.230 e. The maximum absolute atomic E-state index is 13.5. The molecule has 5 rings (SSSR count). The highest BCUT2D eigenvalue weighted by Crippen LogP contribution is 2.49. The van der Waals surface area contributed by atoms with Crippen LogP contribution in [0.25, 0.3) is 11.4 Å². The Labute approximate surface area is 172 Å². The normalized spacial score (nSPS) is 21.6.